The Hall–Kier alpha value is -2.99. The van der Waals surface area contributed by atoms with E-state index in [9.17, 15) is 24.3 Å². The second-order valence-corrected chi connectivity index (χ2v) is 13.7. The maximum atomic E-state index is 13.6. The molecule has 222 valence electrons. The average Bonchev–Trinajstić information content (AvgIpc) is 3.51. The van der Waals surface area contributed by atoms with Gasteiger partial charge in [-0.3, -0.25) is 24.2 Å². The van der Waals surface area contributed by atoms with Crippen molar-refractivity contribution < 1.29 is 33.8 Å². The molecule has 0 bridgehead atoms. The minimum atomic E-state index is -0.747. The van der Waals surface area contributed by atoms with Crippen molar-refractivity contribution in [1.82, 2.24) is 4.90 Å². The minimum absolute atomic E-state index is 0.0292. The molecule has 1 aromatic heterocycles. The molecule has 2 aliphatic heterocycles. The molecule has 2 fully saturated rings. The van der Waals surface area contributed by atoms with Crippen LogP contribution in [0.25, 0.3) is 0 Å². The molecule has 0 saturated carbocycles. The van der Waals surface area contributed by atoms with Gasteiger partial charge in [-0.2, -0.15) is 0 Å². The van der Waals surface area contributed by atoms with Crippen molar-refractivity contribution in [3.8, 4) is 0 Å². The van der Waals surface area contributed by atoms with E-state index in [4.69, 9.17) is 21.1 Å². The number of morpholine rings is 1. The lowest BCUT2D eigenvalue weighted by atomic mass is 9.73. The summed E-state index contributed by atoms with van der Waals surface area (Å²) in [6.07, 6.45) is -0.710. The van der Waals surface area contributed by atoms with E-state index in [1.807, 2.05) is 27.7 Å². The van der Waals surface area contributed by atoms with Gasteiger partial charge < -0.3 is 19.5 Å². The van der Waals surface area contributed by atoms with Crippen LogP contribution in [-0.2, 0) is 19.1 Å². The molecule has 1 unspecified atom stereocenters. The molecule has 10 nitrogen and oxygen atoms in total. The molecular weight excluding hydrogens is 570 g/mol. The maximum absolute atomic E-state index is 13.6. The number of halogens is 1. The van der Waals surface area contributed by atoms with E-state index in [-0.39, 0.29) is 38.6 Å². The fourth-order valence-electron chi connectivity index (χ4n) is 5.41. The van der Waals surface area contributed by atoms with Gasteiger partial charge in [0.25, 0.3) is 11.8 Å². The highest BCUT2D eigenvalue weighted by molar-refractivity contribution is 7.18. The number of cyclic esters (lactones) is 1. The Balaban J connectivity index is 1.49. The van der Waals surface area contributed by atoms with Crippen LogP contribution >= 0.6 is 22.9 Å². The highest BCUT2D eigenvalue weighted by atomic mass is 35.5. The standard InChI is InChI=1S/C29H36ClN3O7S/c1-28(2,17-29(3,4)18-34)13-24(35)33(26(37)22-9-10-23(30)41-22)15-21-14-32(27(38)40-21)20-7-5-19(6-8-20)31-11-12-39-16-25(31)36/h5-10,21,34H,11-18H2,1-4H3. The first-order valence-electron chi connectivity index (χ1n) is 13.5. The van der Waals surface area contributed by atoms with Gasteiger partial charge in [0.15, 0.2) is 0 Å². The summed E-state index contributed by atoms with van der Waals surface area (Å²) >= 11 is 7.14. The van der Waals surface area contributed by atoms with E-state index in [0.29, 0.717) is 40.2 Å². The molecule has 1 N–H and O–H groups in total. The number of carbonyl (C=O) groups excluding carboxylic acids is 4. The molecule has 2 aromatic rings. The van der Waals surface area contributed by atoms with Gasteiger partial charge in [-0.05, 0) is 53.6 Å². The van der Waals surface area contributed by atoms with Crippen LogP contribution in [-0.4, -0.2) is 79.4 Å². The number of aliphatic hydroxyl groups is 1. The number of thiophene rings is 1. The molecule has 0 aliphatic carbocycles. The minimum Gasteiger partial charge on any atom is -0.442 e. The number of hydrogen-bond acceptors (Lipinski definition) is 8. The number of anilines is 2. The lowest BCUT2D eigenvalue weighted by Gasteiger charge is -2.34. The van der Waals surface area contributed by atoms with Crippen molar-refractivity contribution in [2.75, 3.05) is 49.3 Å². The van der Waals surface area contributed by atoms with Crippen molar-refractivity contribution >= 4 is 58.1 Å². The van der Waals surface area contributed by atoms with E-state index >= 15 is 0 Å². The summed E-state index contributed by atoms with van der Waals surface area (Å²) in [7, 11) is 0. The Bertz CT molecular complexity index is 1290. The SMILES string of the molecule is CC(C)(CO)CC(C)(C)CC(=O)N(CC1CN(c2ccc(N3CCOCC3=O)cc2)C(=O)O1)C(=O)c1ccc(Cl)s1. The zero-order chi connectivity index (χ0) is 29.9. The van der Waals surface area contributed by atoms with Gasteiger partial charge in [0.1, 0.15) is 12.7 Å². The quantitative estimate of drug-likeness (QED) is 0.421. The third-order valence-corrected chi connectivity index (χ3v) is 8.28. The van der Waals surface area contributed by atoms with Crippen molar-refractivity contribution in [2.45, 2.75) is 46.6 Å². The summed E-state index contributed by atoms with van der Waals surface area (Å²) in [4.78, 5) is 56.6. The fourth-order valence-corrected chi connectivity index (χ4v) is 6.41. The van der Waals surface area contributed by atoms with Crippen LogP contribution in [0.5, 0.6) is 0 Å². The molecule has 1 atom stereocenters. The summed E-state index contributed by atoms with van der Waals surface area (Å²) in [5.41, 5.74) is 0.377. The average molecular weight is 606 g/mol. The number of nitrogens with zero attached hydrogens (tertiary/aromatic N) is 3. The van der Waals surface area contributed by atoms with Gasteiger partial charge >= 0.3 is 6.09 Å². The number of rotatable bonds is 10. The number of ether oxygens (including phenoxy) is 2. The Morgan fingerprint density at radius 1 is 1.05 bits per heavy atom. The molecule has 4 amide bonds. The van der Waals surface area contributed by atoms with Crippen LogP contribution in [0.4, 0.5) is 16.2 Å². The van der Waals surface area contributed by atoms with Crippen LogP contribution < -0.4 is 9.80 Å². The lowest BCUT2D eigenvalue weighted by Crippen LogP contribution is -2.44. The highest BCUT2D eigenvalue weighted by Crippen LogP contribution is 2.37. The van der Waals surface area contributed by atoms with Crippen molar-refractivity contribution in [3.05, 3.63) is 45.6 Å². The molecule has 12 heteroatoms. The number of carbonyl (C=O) groups is 4. The van der Waals surface area contributed by atoms with E-state index in [1.165, 1.54) is 4.90 Å². The number of imide groups is 1. The van der Waals surface area contributed by atoms with Gasteiger partial charge in [0, 0.05) is 30.9 Å². The van der Waals surface area contributed by atoms with Crippen LogP contribution in [0.15, 0.2) is 36.4 Å². The number of amides is 4. The highest BCUT2D eigenvalue weighted by Gasteiger charge is 2.39. The number of benzene rings is 1. The van der Waals surface area contributed by atoms with Crippen LogP contribution in [0.3, 0.4) is 0 Å². The summed E-state index contributed by atoms with van der Waals surface area (Å²) in [5, 5.41) is 9.73. The summed E-state index contributed by atoms with van der Waals surface area (Å²) in [6, 6.07) is 10.2. The molecule has 41 heavy (non-hydrogen) atoms. The Labute approximate surface area is 248 Å². The summed E-state index contributed by atoms with van der Waals surface area (Å²) < 4.78 is 11.2. The Morgan fingerprint density at radius 2 is 1.71 bits per heavy atom. The normalized spacial score (nSPS) is 18.0. The van der Waals surface area contributed by atoms with E-state index < -0.39 is 34.8 Å². The van der Waals surface area contributed by atoms with Gasteiger partial charge in [-0.25, -0.2) is 4.79 Å². The smallest absolute Gasteiger partial charge is 0.414 e. The molecule has 4 rings (SSSR count). The zero-order valence-electron chi connectivity index (χ0n) is 23.7. The third-order valence-electron chi connectivity index (χ3n) is 7.06. The van der Waals surface area contributed by atoms with Gasteiger partial charge in [0.2, 0.25) is 5.91 Å². The number of hydrogen-bond donors (Lipinski definition) is 1. The Kier molecular flexibility index (Phi) is 9.42. The lowest BCUT2D eigenvalue weighted by molar-refractivity contribution is -0.132. The van der Waals surface area contributed by atoms with Crippen molar-refractivity contribution in [2.24, 2.45) is 10.8 Å². The van der Waals surface area contributed by atoms with Gasteiger partial charge in [0.05, 0.1) is 28.9 Å². The first-order chi connectivity index (χ1) is 19.3. The summed E-state index contributed by atoms with van der Waals surface area (Å²) in [5.74, 6) is -1.03. The molecule has 1 aromatic carbocycles. The maximum Gasteiger partial charge on any atom is 0.414 e. The van der Waals surface area contributed by atoms with Crippen molar-refractivity contribution in [1.29, 1.82) is 0 Å². The Morgan fingerprint density at radius 3 is 2.29 bits per heavy atom. The zero-order valence-corrected chi connectivity index (χ0v) is 25.3. The molecule has 0 radical (unpaired) electrons. The predicted octanol–water partition coefficient (Wildman–Crippen LogP) is 4.58. The topological polar surface area (TPSA) is 117 Å². The van der Waals surface area contributed by atoms with Crippen LogP contribution in [0.2, 0.25) is 4.34 Å². The van der Waals surface area contributed by atoms with E-state index in [2.05, 4.69) is 0 Å². The second-order valence-electron chi connectivity index (χ2n) is 12.0. The first-order valence-corrected chi connectivity index (χ1v) is 14.7. The van der Waals surface area contributed by atoms with Crippen LogP contribution in [0.1, 0.15) is 50.2 Å². The van der Waals surface area contributed by atoms with Crippen LogP contribution in [0, 0.1) is 10.8 Å². The fraction of sp³-hybridized carbons (Fsp3) is 0.517. The third kappa shape index (κ3) is 7.65. The van der Waals surface area contributed by atoms with Crippen molar-refractivity contribution in [3.63, 3.8) is 0 Å². The van der Waals surface area contributed by atoms with Gasteiger partial charge in [-0.1, -0.05) is 39.3 Å². The first kappa shape index (κ1) is 31.0. The molecule has 0 spiro atoms. The largest absolute Gasteiger partial charge is 0.442 e. The molecular formula is C29H36ClN3O7S. The monoisotopic (exact) mass is 605 g/mol. The van der Waals surface area contributed by atoms with E-state index in [0.717, 1.165) is 16.2 Å². The summed E-state index contributed by atoms with van der Waals surface area (Å²) in [6.45, 7) is 8.64. The number of aliphatic hydroxyl groups excluding tert-OH is 1. The second kappa shape index (κ2) is 12.5. The van der Waals surface area contributed by atoms with Gasteiger partial charge in [-0.15, -0.1) is 11.3 Å². The molecule has 2 saturated heterocycles. The molecule has 2 aliphatic rings. The predicted molar refractivity (Wildman–Crippen MR) is 156 cm³/mol. The molecule has 3 heterocycles. The van der Waals surface area contributed by atoms with E-state index in [1.54, 1.807) is 41.3 Å².